The van der Waals surface area contributed by atoms with E-state index in [1.165, 1.54) is 11.1 Å². The molecule has 0 spiro atoms. The van der Waals surface area contributed by atoms with Gasteiger partial charge in [-0.15, -0.1) is 0 Å². The third kappa shape index (κ3) is 5.32. The van der Waals surface area contributed by atoms with Crippen LogP contribution in [0.15, 0.2) is 54.6 Å². The molecular formula is C27H33N5O2. The predicted octanol–water partition coefficient (Wildman–Crippen LogP) is 4.57. The van der Waals surface area contributed by atoms with Crippen molar-refractivity contribution in [3.63, 3.8) is 0 Å². The molecule has 1 aliphatic heterocycles. The zero-order chi connectivity index (χ0) is 23.3. The van der Waals surface area contributed by atoms with E-state index in [9.17, 15) is 4.79 Å². The lowest BCUT2D eigenvalue weighted by molar-refractivity contribution is 0.127. The molecule has 0 unspecified atom stereocenters. The van der Waals surface area contributed by atoms with Crippen molar-refractivity contribution in [1.29, 1.82) is 0 Å². The van der Waals surface area contributed by atoms with Gasteiger partial charge in [-0.2, -0.15) is 0 Å². The lowest BCUT2D eigenvalue weighted by Gasteiger charge is -2.32. The lowest BCUT2D eigenvalue weighted by Crippen LogP contribution is -2.46. The third-order valence-corrected chi connectivity index (χ3v) is 6.94. The number of piperidine rings is 1. The first-order valence-corrected chi connectivity index (χ1v) is 12.2. The van der Waals surface area contributed by atoms with Gasteiger partial charge >= 0.3 is 6.03 Å². The van der Waals surface area contributed by atoms with Gasteiger partial charge in [-0.05, 0) is 67.1 Å². The zero-order valence-electron chi connectivity index (χ0n) is 19.7. The number of nitrogens with zero attached hydrogens (tertiary/aromatic N) is 2. The van der Waals surface area contributed by atoms with Gasteiger partial charge in [0.1, 0.15) is 5.82 Å². The Morgan fingerprint density at radius 3 is 2.79 bits per heavy atom. The van der Waals surface area contributed by atoms with E-state index in [0.29, 0.717) is 6.04 Å². The number of anilines is 2. The SMILES string of the molecule is COCCN1CCC(NC(=O)Nc2ccc3nc(N[C@@H]4CCc5ccccc54)ccc3c2)CC1. The number of rotatable bonds is 7. The van der Waals surface area contributed by atoms with E-state index in [2.05, 4.69) is 51.2 Å². The quantitative estimate of drug-likeness (QED) is 0.483. The van der Waals surface area contributed by atoms with Crippen molar-refractivity contribution in [2.24, 2.45) is 0 Å². The summed E-state index contributed by atoms with van der Waals surface area (Å²) in [6.45, 7) is 3.67. The summed E-state index contributed by atoms with van der Waals surface area (Å²) < 4.78 is 5.15. The molecule has 3 N–H and O–H groups in total. The maximum atomic E-state index is 12.5. The second-order valence-electron chi connectivity index (χ2n) is 9.25. The summed E-state index contributed by atoms with van der Waals surface area (Å²) >= 11 is 0. The average molecular weight is 460 g/mol. The summed E-state index contributed by atoms with van der Waals surface area (Å²) in [6.07, 6.45) is 4.11. The monoisotopic (exact) mass is 459 g/mol. The number of aryl methyl sites for hydroxylation is 1. The van der Waals surface area contributed by atoms with Crippen molar-refractivity contribution in [2.75, 3.05) is 44.0 Å². The van der Waals surface area contributed by atoms with Gasteiger partial charge in [-0.3, -0.25) is 0 Å². The predicted molar refractivity (Wildman–Crippen MR) is 136 cm³/mol. The van der Waals surface area contributed by atoms with Gasteiger partial charge in [0.05, 0.1) is 18.2 Å². The number of likely N-dealkylation sites (tertiary alicyclic amines) is 1. The number of ether oxygens (including phenoxy) is 1. The molecule has 0 bridgehead atoms. The largest absolute Gasteiger partial charge is 0.383 e. The number of hydrogen-bond acceptors (Lipinski definition) is 5. The number of pyridine rings is 1. The van der Waals surface area contributed by atoms with Crippen LogP contribution in [0.3, 0.4) is 0 Å². The Labute approximate surface area is 200 Å². The minimum absolute atomic E-state index is 0.152. The summed E-state index contributed by atoms with van der Waals surface area (Å²) in [5.41, 5.74) is 4.47. The number of amides is 2. The molecule has 1 atom stereocenters. The average Bonchev–Trinajstić information content (AvgIpc) is 3.26. The van der Waals surface area contributed by atoms with Gasteiger partial charge in [0.25, 0.3) is 0 Å². The minimum Gasteiger partial charge on any atom is -0.383 e. The number of nitrogens with one attached hydrogen (secondary N) is 3. The number of aromatic nitrogens is 1. The summed E-state index contributed by atoms with van der Waals surface area (Å²) in [5.74, 6) is 0.879. The van der Waals surface area contributed by atoms with Crippen molar-refractivity contribution in [2.45, 2.75) is 37.8 Å². The van der Waals surface area contributed by atoms with Crippen LogP contribution in [-0.4, -0.2) is 55.3 Å². The third-order valence-electron chi connectivity index (χ3n) is 6.94. The van der Waals surface area contributed by atoms with Crippen molar-refractivity contribution >= 4 is 28.4 Å². The summed E-state index contributed by atoms with van der Waals surface area (Å²) in [4.78, 5) is 19.7. The number of carbonyl (C=O) groups excluding carboxylic acids is 1. The molecular weight excluding hydrogens is 426 g/mol. The van der Waals surface area contributed by atoms with Crippen LogP contribution < -0.4 is 16.0 Å². The van der Waals surface area contributed by atoms with Gasteiger partial charge in [0.15, 0.2) is 0 Å². The highest BCUT2D eigenvalue weighted by Crippen LogP contribution is 2.33. The van der Waals surface area contributed by atoms with Crippen LogP contribution in [0.1, 0.15) is 36.4 Å². The maximum absolute atomic E-state index is 12.5. The number of benzene rings is 2. The molecule has 178 valence electrons. The second-order valence-corrected chi connectivity index (χ2v) is 9.25. The first-order valence-electron chi connectivity index (χ1n) is 12.2. The molecule has 5 rings (SSSR count). The van der Waals surface area contributed by atoms with Crippen molar-refractivity contribution in [3.05, 3.63) is 65.7 Å². The van der Waals surface area contributed by atoms with Crippen molar-refractivity contribution < 1.29 is 9.53 Å². The standard InChI is InChI=1S/C27H33N5O2/c1-34-17-16-32-14-12-21(13-15-32)28-27(33)29-22-8-10-24-20(18-22)7-11-26(30-24)31-25-9-6-19-4-2-3-5-23(19)25/h2-5,7-8,10-11,18,21,25H,6,9,12-17H2,1H3,(H,30,31)(H2,28,29,33)/t25-/m1/s1. The van der Waals surface area contributed by atoms with Crippen LogP contribution >= 0.6 is 0 Å². The molecule has 7 nitrogen and oxygen atoms in total. The summed E-state index contributed by atoms with van der Waals surface area (Å²) in [6, 6.07) is 18.9. The first kappa shape index (κ1) is 22.6. The Kier molecular flexibility index (Phi) is 6.92. The van der Waals surface area contributed by atoms with Gasteiger partial charge < -0.3 is 25.6 Å². The van der Waals surface area contributed by atoms with Crippen LogP contribution in [0, 0.1) is 0 Å². The maximum Gasteiger partial charge on any atom is 0.319 e. The molecule has 1 aromatic heterocycles. The van der Waals surface area contributed by atoms with Gasteiger partial charge in [0, 0.05) is 43.9 Å². The molecule has 3 aromatic rings. The van der Waals surface area contributed by atoms with Crippen molar-refractivity contribution in [3.8, 4) is 0 Å². The van der Waals surface area contributed by atoms with Crippen LogP contribution in [0.4, 0.5) is 16.3 Å². The summed E-state index contributed by atoms with van der Waals surface area (Å²) in [5, 5.41) is 10.7. The fraction of sp³-hybridized carbons (Fsp3) is 0.407. The molecule has 2 aliphatic rings. The molecule has 0 radical (unpaired) electrons. The normalized spacial score (nSPS) is 18.6. The van der Waals surface area contributed by atoms with E-state index < -0.39 is 0 Å². The van der Waals surface area contributed by atoms with E-state index in [0.717, 1.165) is 74.3 Å². The number of urea groups is 1. The molecule has 2 heterocycles. The molecule has 2 aromatic carbocycles. The molecule has 7 heteroatoms. The molecule has 2 amide bonds. The van der Waals surface area contributed by atoms with E-state index in [1.54, 1.807) is 7.11 Å². The number of carbonyl (C=O) groups is 1. The topological polar surface area (TPSA) is 78.5 Å². The van der Waals surface area contributed by atoms with Crippen LogP contribution in [0.25, 0.3) is 10.9 Å². The van der Waals surface area contributed by atoms with E-state index in [-0.39, 0.29) is 12.1 Å². The van der Waals surface area contributed by atoms with Crippen LogP contribution in [0.5, 0.6) is 0 Å². The Bertz CT molecular complexity index is 1140. The van der Waals surface area contributed by atoms with Gasteiger partial charge in [-0.25, -0.2) is 9.78 Å². The van der Waals surface area contributed by atoms with E-state index in [4.69, 9.17) is 9.72 Å². The molecule has 1 aliphatic carbocycles. The second kappa shape index (κ2) is 10.4. The Morgan fingerprint density at radius 1 is 1.09 bits per heavy atom. The fourth-order valence-electron chi connectivity index (χ4n) is 5.04. The van der Waals surface area contributed by atoms with Crippen molar-refractivity contribution in [1.82, 2.24) is 15.2 Å². The molecule has 0 saturated carbocycles. The highest BCUT2D eigenvalue weighted by molar-refractivity contribution is 5.93. The smallest absolute Gasteiger partial charge is 0.319 e. The van der Waals surface area contributed by atoms with Crippen LogP contribution in [-0.2, 0) is 11.2 Å². The van der Waals surface area contributed by atoms with E-state index >= 15 is 0 Å². The van der Waals surface area contributed by atoms with Gasteiger partial charge in [-0.1, -0.05) is 24.3 Å². The Morgan fingerprint density at radius 2 is 1.94 bits per heavy atom. The first-order chi connectivity index (χ1) is 16.7. The number of fused-ring (bicyclic) bond motifs is 2. The fourth-order valence-corrected chi connectivity index (χ4v) is 5.04. The Hall–Kier alpha value is -3.16. The van der Waals surface area contributed by atoms with Crippen LogP contribution in [0.2, 0.25) is 0 Å². The lowest BCUT2D eigenvalue weighted by atomic mass is 10.1. The summed E-state index contributed by atoms with van der Waals surface area (Å²) in [7, 11) is 1.73. The zero-order valence-corrected chi connectivity index (χ0v) is 19.7. The number of hydrogen-bond donors (Lipinski definition) is 3. The van der Waals surface area contributed by atoms with E-state index in [1.807, 2.05) is 24.3 Å². The highest BCUT2D eigenvalue weighted by atomic mass is 16.5. The molecule has 34 heavy (non-hydrogen) atoms. The highest BCUT2D eigenvalue weighted by Gasteiger charge is 2.22. The molecule has 1 fully saturated rings. The number of methoxy groups -OCH3 is 1. The van der Waals surface area contributed by atoms with Gasteiger partial charge in [0.2, 0.25) is 0 Å². The Balaban J connectivity index is 1.16. The minimum atomic E-state index is -0.152. The molecule has 1 saturated heterocycles.